The van der Waals surface area contributed by atoms with Gasteiger partial charge < -0.3 is 19.4 Å². The molecule has 0 unspecified atom stereocenters. The van der Waals surface area contributed by atoms with Crippen molar-refractivity contribution in [1.29, 1.82) is 0 Å². The fraction of sp³-hybridized carbons (Fsp3) is 0.300. The molecule has 1 aliphatic carbocycles. The van der Waals surface area contributed by atoms with Gasteiger partial charge in [0, 0.05) is 51.1 Å². The Hall–Kier alpha value is -6.16. The Kier molecular flexibility index (Phi) is 13.5. The number of piperazine rings is 1. The Labute approximate surface area is 350 Å². The lowest BCUT2D eigenvalue weighted by atomic mass is 9.98. The molecule has 7 nitrogen and oxygen atoms in total. The summed E-state index contributed by atoms with van der Waals surface area (Å²) in [7, 11) is 0. The molecule has 3 amide bonds. The highest BCUT2D eigenvalue weighted by Crippen LogP contribution is 2.44. The summed E-state index contributed by atoms with van der Waals surface area (Å²) in [5.41, 5.74) is 7.09. The van der Waals surface area contributed by atoms with Gasteiger partial charge in [0.05, 0.1) is 5.56 Å². The van der Waals surface area contributed by atoms with Crippen molar-refractivity contribution in [3.8, 4) is 11.1 Å². The third kappa shape index (κ3) is 10.2. The summed E-state index contributed by atoms with van der Waals surface area (Å²) >= 11 is 0. The minimum atomic E-state index is -4.48. The maximum atomic E-state index is 14.7. The number of alkyl halides is 3. The molecule has 1 fully saturated rings. The fourth-order valence-electron chi connectivity index (χ4n) is 8.15. The number of rotatable bonds is 14. The number of unbranched alkanes of at least 4 members (excludes halogenated alkanes) is 2. The van der Waals surface area contributed by atoms with Crippen molar-refractivity contribution >= 4 is 24.0 Å². The van der Waals surface area contributed by atoms with Crippen molar-refractivity contribution in [3.05, 3.63) is 172 Å². The fourth-order valence-corrected chi connectivity index (χ4v) is 8.15. The molecule has 5 aromatic carbocycles. The van der Waals surface area contributed by atoms with E-state index < -0.39 is 29.8 Å². The first-order valence-corrected chi connectivity index (χ1v) is 20.8. The van der Waals surface area contributed by atoms with E-state index in [2.05, 4.69) is 43.3 Å². The first-order chi connectivity index (χ1) is 29.1. The maximum absolute atomic E-state index is 14.7. The first-order valence-electron chi connectivity index (χ1n) is 20.8. The Morgan fingerprint density at radius 1 is 0.717 bits per heavy atom. The molecule has 310 valence electrons. The van der Waals surface area contributed by atoms with Gasteiger partial charge in [0.25, 0.3) is 0 Å². The average molecular weight is 814 g/mol. The highest BCUT2D eigenvalue weighted by atomic mass is 19.4. The van der Waals surface area contributed by atoms with Gasteiger partial charge in [-0.15, -0.1) is 0 Å². The number of nitrogens with zero attached hydrogens (tertiary/aromatic N) is 3. The molecule has 0 N–H and O–H groups in total. The number of halogens is 3. The number of fused-ring (bicyclic) bond motifs is 3. The zero-order valence-electron chi connectivity index (χ0n) is 33.8. The second-order valence-electron chi connectivity index (χ2n) is 15.5. The summed E-state index contributed by atoms with van der Waals surface area (Å²) in [4.78, 5) is 47.4. The van der Waals surface area contributed by atoms with Gasteiger partial charge in [0.15, 0.2) is 0 Å². The van der Waals surface area contributed by atoms with Crippen LogP contribution in [0.3, 0.4) is 0 Å². The molecule has 5 aromatic rings. The van der Waals surface area contributed by atoms with Crippen LogP contribution < -0.4 is 0 Å². The van der Waals surface area contributed by atoms with Crippen LogP contribution in [-0.2, 0) is 39.9 Å². The molecule has 1 heterocycles. The van der Waals surface area contributed by atoms with Gasteiger partial charge in [-0.05, 0) is 75.6 Å². The minimum absolute atomic E-state index is 0.0722. The maximum Gasteiger partial charge on any atom is 0.416 e. The number of benzene rings is 5. The highest BCUT2D eigenvalue weighted by molar-refractivity contribution is 5.96. The van der Waals surface area contributed by atoms with Gasteiger partial charge >= 0.3 is 12.3 Å². The monoisotopic (exact) mass is 813 g/mol. The molecule has 7 rings (SSSR count). The molecule has 0 radical (unpaired) electrons. The van der Waals surface area contributed by atoms with Crippen molar-refractivity contribution in [3.63, 3.8) is 0 Å². The number of hydrogen-bond donors (Lipinski definition) is 0. The summed E-state index contributed by atoms with van der Waals surface area (Å²) in [6, 6.07) is 37.6. The van der Waals surface area contributed by atoms with Crippen LogP contribution in [0.15, 0.2) is 133 Å². The average Bonchev–Trinajstić information content (AvgIpc) is 3.59. The molecule has 0 spiro atoms. The van der Waals surface area contributed by atoms with Gasteiger partial charge in [-0.1, -0.05) is 135 Å². The van der Waals surface area contributed by atoms with Crippen LogP contribution in [-0.4, -0.2) is 71.4 Å². The Bertz CT molecular complexity index is 2220. The van der Waals surface area contributed by atoms with E-state index in [-0.39, 0.29) is 57.6 Å². The predicted molar refractivity (Wildman–Crippen MR) is 228 cm³/mol. The van der Waals surface area contributed by atoms with Crippen molar-refractivity contribution in [2.75, 3.05) is 32.8 Å². The lowest BCUT2D eigenvalue weighted by Crippen LogP contribution is -2.57. The highest BCUT2D eigenvalue weighted by Gasteiger charge is 2.36. The van der Waals surface area contributed by atoms with E-state index in [1.54, 1.807) is 14.7 Å². The van der Waals surface area contributed by atoms with Crippen molar-refractivity contribution in [2.24, 2.45) is 0 Å². The largest absolute Gasteiger partial charge is 0.448 e. The topological polar surface area (TPSA) is 70.2 Å². The molecule has 1 atom stereocenters. The smallest absolute Gasteiger partial charge is 0.416 e. The van der Waals surface area contributed by atoms with Crippen LogP contribution in [0.1, 0.15) is 71.0 Å². The van der Waals surface area contributed by atoms with Gasteiger partial charge in [0.2, 0.25) is 11.8 Å². The van der Waals surface area contributed by atoms with E-state index >= 15 is 0 Å². The Morgan fingerprint density at radius 2 is 1.30 bits per heavy atom. The molecular weight excluding hydrogens is 764 g/mol. The quantitative estimate of drug-likeness (QED) is 0.0827. The molecule has 1 aliphatic heterocycles. The number of hydrogen-bond acceptors (Lipinski definition) is 4. The predicted octanol–water partition coefficient (Wildman–Crippen LogP) is 10.2. The van der Waals surface area contributed by atoms with E-state index in [0.717, 1.165) is 71.2 Å². The van der Waals surface area contributed by atoms with Crippen LogP contribution in [0.25, 0.3) is 17.2 Å². The second-order valence-corrected chi connectivity index (χ2v) is 15.5. The number of carbonyl (C=O) groups excluding carboxylic acids is 3. The third-order valence-corrected chi connectivity index (χ3v) is 11.5. The molecule has 0 saturated carbocycles. The van der Waals surface area contributed by atoms with E-state index in [4.69, 9.17) is 4.74 Å². The first kappa shape index (κ1) is 42.0. The molecule has 0 bridgehead atoms. The second kappa shape index (κ2) is 19.3. The third-order valence-electron chi connectivity index (χ3n) is 11.5. The standard InChI is InChI=1S/C50H50F3N3O4/c1-2-3-5-12-36-19-21-39(22-20-36)34-56(47(57)28-25-37-23-26-40(27-24-37)50(51,52)53)46(33-38-13-6-4-7-14-38)48(58)54-29-31-55(32-30-54)49(59)60-35-45-43-17-10-8-15-41(43)42-16-9-11-18-44(42)45/h4,6-11,13-28,45-46H,2-3,5,12,29-35H2,1H3/b28-25+/t46-/m0/s1. The zero-order chi connectivity index (χ0) is 42.1. The summed E-state index contributed by atoms with van der Waals surface area (Å²) in [5, 5.41) is 0. The molecule has 0 aromatic heterocycles. The van der Waals surface area contributed by atoms with Crippen molar-refractivity contribution in [2.45, 2.75) is 63.7 Å². The van der Waals surface area contributed by atoms with E-state index in [9.17, 15) is 27.6 Å². The lowest BCUT2D eigenvalue weighted by Gasteiger charge is -2.39. The number of carbonyl (C=O) groups is 3. The van der Waals surface area contributed by atoms with E-state index in [0.29, 0.717) is 5.56 Å². The van der Waals surface area contributed by atoms with Crippen molar-refractivity contribution < 1.29 is 32.3 Å². The summed E-state index contributed by atoms with van der Waals surface area (Å²) in [6.45, 7) is 3.53. The van der Waals surface area contributed by atoms with Crippen LogP contribution in [0, 0.1) is 0 Å². The SMILES string of the molecule is CCCCCc1ccc(CN(C(=O)/C=C/c2ccc(C(F)(F)F)cc2)[C@@H](Cc2ccccc2)C(=O)N2CCN(C(=O)OCC3c4ccccc4-c4ccccc43)CC2)cc1. The van der Waals surface area contributed by atoms with Crippen LogP contribution in [0.2, 0.25) is 0 Å². The number of ether oxygens (including phenoxy) is 1. The summed E-state index contributed by atoms with van der Waals surface area (Å²) < 4.78 is 45.7. The van der Waals surface area contributed by atoms with E-state index in [1.807, 2.05) is 66.7 Å². The van der Waals surface area contributed by atoms with Crippen LogP contribution in [0.4, 0.5) is 18.0 Å². The van der Waals surface area contributed by atoms with Gasteiger partial charge in [-0.25, -0.2) is 4.79 Å². The van der Waals surface area contributed by atoms with Gasteiger partial charge in [-0.2, -0.15) is 13.2 Å². The lowest BCUT2D eigenvalue weighted by molar-refractivity contribution is -0.145. The number of amides is 3. The van der Waals surface area contributed by atoms with Gasteiger partial charge in [-0.3, -0.25) is 9.59 Å². The number of aryl methyl sites for hydroxylation is 1. The molecule has 2 aliphatic rings. The minimum Gasteiger partial charge on any atom is -0.448 e. The summed E-state index contributed by atoms with van der Waals surface area (Å²) in [5.74, 6) is -0.774. The molecule has 1 saturated heterocycles. The van der Waals surface area contributed by atoms with Crippen molar-refractivity contribution in [1.82, 2.24) is 14.7 Å². The van der Waals surface area contributed by atoms with Crippen LogP contribution in [0.5, 0.6) is 0 Å². The normalized spacial score (nSPS) is 14.5. The van der Waals surface area contributed by atoms with E-state index in [1.165, 1.54) is 29.8 Å². The van der Waals surface area contributed by atoms with Gasteiger partial charge in [0.1, 0.15) is 12.6 Å². The molecule has 60 heavy (non-hydrogen) atoms. The van der Waals surface area contributed by atoms with Crippen LogP contribution >= 0.6 is 0 Å². The Balaban J connectivity index is 1.08. The Morgan fingerprint density at radius 3 is 1.92 bits per heavy atom. The summed E-state index contributed by atoms with van der Waals surface area (Å²) in [6.07, 6.45) is 2.41. The molecular formula is C50H50F3N3O4. The molecule has 10 heteroatoms. The zero-order valence-corrected chi connectivity index (χ0v) is 33.8.